The van der Waals surface area contributed by atoms with Crippen LogP contribution in [0.1, 0.15) is 11.1 Å². The summed E-state index contributed by atoms with van der Waals surface area (Å²) < 4.78 is 15.8. The Morgan fingerprint density at radius 2 is 2.04 bits per heavy atom. The van der Waals surface area contributed by atoms with Crippen LogP contribution in [0.2, 0.25) is 0 Å². The van der Waals surface area contributed by atoms with Crippen molar-refractivity contribution in [3.63, 3.8) is 0 Å². The molecule has 1 aliphatic heterocycles. The molecule has 0 fully saturated rings. The van der Waals surface area contributed by atoms with E-state index in [2.05, 4.69) is 15.8 Å². The smallest absolute Gasteiger partial charge is 0.231 e. The maximum absolute atomic E-state index is 8.47. The van der Waals surface area contributed by atoms with Gasteiger partial charge in [0.25, 0.3) is 0 Å². The van der Waals surface area contributed by atoms with E-state index in [9.17, 15) is 0 Å². The average molecular weight is 368 g/mol. The largest absolute Gasteiger partial charge is 0.479 e. The number of ether oxygens (including phenoxy) is 3. The lowest BCUT2D eigenvalue weighted by molar-refractivity contribution is 0.174. The van der Waals surface area contributed by atoms with Crippen LogP contribution in [-0.4, -0.2) is 24.7 Å². The first kappa shape index (κ1) is 17.5. The average Bonchev–Trinajstić information content (AvgIpc) is 3.13. The topological polar surface area (TPSA) is 87.9 Å². The minimum Gasteiger partial charge on any atom is -0.479 e. The predicted octanol–water partition coefficient (Wildman–Crippen LogP) is 2.32. The highest BCUT2D eigenvalue weighted by molar-refractivity contribution is 7.80. The summed E-state index contributed by atoms with van der Waals surface area (Å²) in [5.74, 6) is 2.13. The van der Waals surface area contributed by atoms with Crippen LogP contribution in [0.25, 0.3) is 0 Å². The van der Waals surface area contributed by atoms with E-state index in [-0.39, 0.29) is 13.4 Å². The lowest BCUT2D eigenvalue weighted by atomic mass is 10.2. The Morgan fingerprint density at radius 1 is 1.23 bits per heavy atom. The Kier molecular flexibility index (Phi) is 5.85. The Balaban J connectivity index is 1.43. The third-order valence-corrected chi connectivity index (χ3v) is 3.69. The summed E-state index contributed by atoms with van der Waals surface area (Å²) >= 11 is 5.19. The number of thiocarbonyl (C=S) groups is 1. The number of fused-ring (bicyclic) bond motifs is 1. The summed E-state index contributed by atoms with van der Waals surface area (Å²) in [7, 11) is 0. The van der Waals surface area contributed by atoms with E-state index in [1.54, 1.807) is 18.3 Å². The number of nitrogens with one attached hydrogen (secondary N) is 2. The SMILES string of the molecule is N#CCOc1ccc(/C=N\NC(=S)NCc2ccc3c(c2)OCO3)cc1. The molecule has 0 unspecified atom stereocenters. The quantitative estimate of drug-likeness (QED) is 0.460. The molecule has 0 radical (unpaired) electrons. The second kappa shape index (κ2) is 8.69. The van der Waals surface area contributed by atoms with Crippen LogP contribution < -0.4 is 25.0 Å². The second-order valence-electron chi connectivity index (χ2n) is 5.26. The molecule has 26 heavy (non-hydrogen) atoms. The Hall–Kier alpha value is -3.31. The van der Waals surface area contributed by atoms with Crippen molar-refractivity contribution in [1.29, 1.82) is 5.26 Å². The number of hydrogen-bond acceptors (Lipinski definition) is 6. The molecule has 0 aliphatic carbocycles. The van der Waals surface area contributed by atoms with Crippen molar-refractivity contribution >= 4 is 23.5 Å². The maximum atomic E-state index is 8.47. The molecule has 2 aromatic rings. The molecule has 0 amide bonds. The number of nitrogens with zero attached hydrogens (tertiary/aromatic N) is 2. The molecule has 1 aliphatic rings. The molecular weight excluding hydrogens is 352 g/mol. The van der Waals surface area contributed by atoms with E-state index < -0.39 is 0 Å². The van der Waals surface area contributed by atoms with Crippen LogP contribution >= 0.6 is 12.2 Å². The molecule has 7 nitrogen and oxygen atoms in total. The zero-order chi connectivity index (χ0) is 18.2. The second-order valence-corrected chi connectivity index (χ2v) is 5.66. The van der Waals surface area contributed by atoms with Crippen molar-refractivity contribution in [2.24, 2.45) is 5.10 Å². The molecule has 2 aromatic carbocycles. The summed E-state index contributed by atoms with van der Waals surface area (Å²) in [5, 5.41) is 16.0. The maximum Gasteiger partial charge on any atom is 0.231 e. The molecule has 0 spiro atoms. The first-order valence-corrected chi connectivity index (χ1v) is 8.20. The molecule has 0 saturated heterocycles. The van der Waals surface area contributed by atoms with Crippen molar-refractivity contribution in [2.45, 2.75) is 6.54 Å². The monoisotopic (exact) mass is 368 g/mol. The van der Waals surface area contributed by atoms with Gasteiger partial charge in [-0.25, -0.2) is 0 Å². The van der Waals surface area contributed by atoms with Gasteiger partial charge in [-0.1, -0.05) is 6.07 Å². The van der Waals surface area contributed by atoms with Crippen molar-refractivity contribution in [3.8, 4) is 23.3 Å². The third-order valence-electron chi connectivity index (χ3n) is 3.45. The number of rotatable bonds is 6. The lowest BCUT2D eigenvalue weighted by Gasteiger charge is -2.07. The number of benzene rings is 2. The molecule has 132 valence electrons. The highest BCUT2D eigenvalue weighted by Crippen LogP contribution is 2.32. The van der Waals surface area contributed by atoms with Crippen molar-refractivity contribution in [3.05, 3.63) is 53.6 Å². The minimum atomic E-state index is 0.0261. The van der Waals surface area contributed by atoms with Gasteiger partial charge in [0.1, 0.15) is 11.8 Å². The van der Waals surface area contributed by atoms with E-state index in [4.69, 9.17) is 31.7 Å². The van der Waals surface area contributed by atoms with Gasteiger partial charge >= 0.3 is 0 Å². The Labute approximate surface area is 156 Å². The van der Waals surface area contributed by atoms with E-state index in [0.29, 0.717) is 17.4 Å². The van der Waals surface area contributed by atoms with Crippen LogP contribution in [0.5, 0.6) is 17.2 Å². The van der Waals surface area contributed by atoms with Crippen molar-refractivity contribution in [1.82, 2.24) is 10.7 Å². The summed E-state index contributed by atoms with van der Waals surface area (Å²) in [6.07, 6.45) is 1.64. The van der Waals surface area contributed by atoms with Gasteiger partial charge in [0.15, 0.2) is 23.2 Å². The van der Waals surface area contributed by atoms with Crippen LogP contribution in [0.3, 0.4) is 0 Å². The number of hydrogen-bond donors (Lipinski definition) is 2. The highest BCUT2D eigenvalue weighted by atomic mass is 32.1. The van der Waals surface area contributed by atoms with E-state index in [1.807, 2.05) is 36.4 Å². The fraction of sp³-hybridized carbons (Fsp3) is 0.167. The van der Waals surface area contributed by atoms with Gasteiger partial charge in [-0.05, 0) is 59.7 Å². The lowest BCUT2D eigenvalue weighted by Crippen LogP contribution is -2.31. The molecule has 0 saturated carbocycles. The standard InChI is InChI=1S/C18H16N4O3S/c19-7-8-23-15-4-1-13(2-5-15)11-21-22-18(26)20-10-14-3-6-16-17(9-14)25-12-24-16/h1-6,9,11H,8,10,12H2,(H2,20,22,26)/b21-11-. The highest BCUT2D eigenvalue weighted by Gasteiger charge is 2.12. The summed E-state index contributed by atoms with van der Waals surface area (Å²) in [4.78, 5) is 0. The predicted molar refractivity (Wildman–Crippen MR) is 100 cm³/mol. The molecule has 3 rings (SSSR count). The van der Waals surface area contributed by atoms with E-state index in [1.165, 1.54) is 0 Å². The fourth-order valence-corrected chi connectivity index (χ4v) is 2.33. The van der Waals surface area contributed by atoms with Crippen molar-refractivity contribution < 1.29 is 14.2 Å². The normalized spacial score (nSPS) is 11.8. The van der Waals surface area contributed by atoms with Crippen LogP contribution in [0.15, 0.2) is 47.6 Å². The van der Waals surface area contributed by atoms with Crippen LogP contribution in [0, 0.1) is 11.3 Å². The minimum absolute atomic E-state index is 0.0261. The van der Waals surface area contributed by atoms with Gasteiger partial charge in [-0.2, -0.15) is 10.4 Å². The van der Waals surface area contributed by atoms with Gasteiger partial charge in [-0.3, -0.25) is 5.43 Å². The molecular formula is C18H16N4O3S. The van der Waals surface area contributed by atoms with Crippen LogP contribution in [-0.2, 0) is 6.54 Å². The molecule has 1 heterocycles. The van der Waals surface area contributed by atoms with Gasteiger partial charge in [0.05, 0.1) is 6.21 Å². The molecule has 8 heteroatoms. The molecule has 0 bridgehead atoms. The first-order valence-electron chi connectivity index (χ1n) is 7.80. The third kappa shape index (κ3) is 4.84. The zero-order valence-electron chi connectivity index (χ0n) is 13.8. The Bertz CT molecular complexity index is 847. The van der Waals surface area contributed by atoms with Gasteiger partial charge in [-0.15, -0.1) is 0 Å². The van der Waals surface area contributed by atoms with E-state index >= 15 is 0 Å². The Morgan fingerprint density at radius 3 is 2.85 bits per heavy atom. The zero-order valence-corrected chi connectivity index (χ0v) is 14.6. The molecule has 0 aromatic heterocycles. The number of nitriles is 1. The molecule has 2 N–H and O–H groups in total. The van der Waals surface area contributed by atoms with E-state index in [0.717, 1.165) is 22.6 Å². The first-order chi connectivity index (χ1) is 12.7. The van der Waals surface area contributed by atoms with Gasteiger partial charge in [0.2, 0.25) is 6.79 Å². The van der Waals surface area contributed by atoms with Gasteiger partial charge in [0, 0.05) is 6.54 Å². The molecule has 0 atom stereocenters. The summed E-state index contributed by atoms with van der Waals surface area (Å²) in [5.41, 5.74) is 4.66. The number of hydrazone groups is 1. The van der Waals surface area contributed by atoms with Gasteiger partial charge < -0.3 is 19.5 Å². The summed E-state index contributed by atoms with van der Waals surface area (Å²) in [6.45, 7) is 0.827. The summed E-state index contributed by atoms with van der Waals surface area (Å²) in [6, 6.07) is 14.9. The van der Waals surface area contributed by atoms with Crippen molar-refractivity contribution in [2.75, 3.05) is 13.4 Å². The van der Waals surface area contributed by atoms with Crippen LogP contribution in [0.4, 0.5) is 0 Å². The fourth-order valence-electron chi connectivity index (χ4n) is 2.20.